The summed E-state index contributed by atoms with van der Waals surface area (Å²) in [6, 6.07) is 0. The molecule has 19 heavy (non-hydrogen) atoms. The molecule has 0 rings (SSSR count). The van der Waals surface area contributed by atoms with Gasteiger partial charge in [-0.3, -0.25) is 4.79 Å². The molecule has 0 aromatic rings. The Kier molecular flexibility index (Phi) is 10.1. The van der Waals surface area contributed by atoms with Crippen molar-refractivity contribution in [1.82, 2.24) is 0 Å². The van der Waals surface area contributed by atoms with E-state index >= 15 is 0 Å². The molecular weight excluding hydrogens is 240 g/mol. The second-order valence-electron chi connectivity index (χ2n) is 5.30. The summed E-state index contributed by atoms with van der Waals surface area (Å²) in [5, 5.41) is 0. The summed E-state index contributed by atoms with van der Waals surface area (Å²) >= 11 is 0. The number of allylic oxidation sites excluding steroid dienone is 2. The van der Waals surface area contributed by atoms with Crippen molar-refractivity contribution in [2.24, 2.45) is 5.92 Å². The van der Waals surface area contributed by atoms with E-state index < -0.39 is 0 Å². The predicted octanol–water partition coefficient (Wildman–Crippen LogP) is 4.06. The Hall–Kier alpha value is -1.12. The maximum Gasteiger partial charge on any atom is 0.306 e. The molecule has 3 heteroatoms. The molecule has 0 aliphatic carbocycles. The molecule has 0 saturated carbocycles. The molecule has 3 nitrogen and oxygen atoms in total. The van der Waals surface area contributed by atoms with E-state index in [9.17, 15) is 9.59 Å². The quantitative estimate of drug-likeness (QED) is 0.443. The van der Waals surface area contributed by atoms with Crippen LogP contribution >= 0.6 is 0 Å². The summed E-state index contributed by atoms with van der Waals surface area (Å²) < 4.78 is 5.11. The zero-order valence-corrected chi connectivity index (χ0v) is 12.8. The van der Waals surface area contributed by atoms with Crippen LogP contribution in [0.5, 0.6) is 0 Å². The van der Waals surface area contributed by atoms with Crippen LogP contribution in [0.4, 0.5) is 0 Å². The van der Waals surface area contributed by atoms with Crippen LogP contribution in [-0.2, 0) is 14.3 Å². The molecule has 0 bridgehead atoms. The first-order chi connectivity index (χ1) is 8.95. The molecule has 0 aromatic carbocycles. The van der Waals surface area contributed by atoms with Gasteiger partial charge in [-0.15, -0.1) is 0 Å². The van der Waals surface area contributed by atoms with Gasteiger partial charge in [0.1, 0.15) is 5.78 Å². The molecule has 0 fully saturated rings. The summed E-state index contributed by atoms with van der Waals surface area (Å²) in [5.74, 6) is 0.328. The van der Waals surface area contributed by atoms with Crippen LogP contribution < -0.4 is 0 Å². The molecule has 0 heterocycles. The fraction of sp³-hybridized carbons (Fsp3) is 0.750. The second kappa shape index (κ2) is 10.8. The third-order valence-electron chi connectivity index (χ3n) is 3.26. The number of carbonyl (C=O) groups excluding carboxylic acids is 2. The van der Waals surface area contributed by atoms with Crippen molar-refractivity contribution in [3.63, 3.8) is 0 Å². The van der Waals surface area contributed by atoms with Crippen LogP contribution in [0.3, 0.4) is 0 Å². The molecule has 1 atom stereocenters. The molecule has 0 aliphatic rings. The Morgan fingerprint density at radius 1 is 1.16 bits per heavy atom. The number of rotatable bonds is 10. The topological polar surface area (TPSA) is 43.4 Å². The van der Waals surface area contributed by atoms with Crippen LogP contribution in [0.25, 0.3) is 0 Å². The number of ether oxygens (including phenoxy) is 1. The second-order valence-corrected chi connectivity index (χ2v) is 5.30. The highest BCUT2D eigenvalue weighted by atomic mass is 16.5. The molecule has 0 saturated heterocycles. The fourth-order valence-corrected chi connectivity index (χ4v) is 1.63. The number of esters is 1. The standard InChI is InChI=1S/C16H28O3/c1-5-13(2)7-6-8-14(3)11-12-19-16(18)10-9-15(4)17/h7,14H,5-6,8-12H2,1-4H3. The maximum absolute atomic E-state index is 11.3. The van der Waals surface area contributed by atoms with Gasteiger partial charge in [-0.05, 0) is 45.4 Å². The zero-order valence-electron chi connectivity index (χ0n) is 12.8. The first kappa shape index (κ1) is 17.9. The van der Waals surface area contributed by atoms with Crippen LogP contribution in [0.1, 0.15) is 66.2 Å². The average molecular weight is 268 g/mol. The van der Waals surface area contributed by atoms with Gasteiger partial charge in [0, 0.05) is 6.42 Å². The first-order valence-corrected chi connectivity index (χ1v) is 7.26. The third-order valence-corrected chi connectivity index (χ3v) is 3.26. The lowest BCUT2D eigenvalue weighted by molar-refractivity contribution is -0.145. The Morgan fingerprint density at radius 2 is 1.84 bits per heavy atom. The van der Waals surface area contributed by atoms with Gasteiger partial charge >= 0.3 is 5.97 Å². The van der Waals surface area contributed by atoms with Crippen molar-refractivity contribution < 1.29 is 14.3 Å². The molecular formula is C16H28O3. The minimum Gasteiger partial charge on any atom is -0.466 e. The molecule has 0 spiro atoms. The Bertz CT molecular complexity index is 305. The van der Waals surface area contributed by atoms with Crippen LogP contribution in [0.2, 0.25) is 0 Å². The molecule has 0 radical (unpaired) electrons. The van der Waals surface area contributed by atoms with Crippen molar-refractivity contribution in [2.45, 2.75) is 66.2 Å². The molecule has 110 valence electrons. The average Bonchev–Trinajstić information content (AvgIpc) is 2.36. The van der Waals surface area contributed by atoms with Crippen LogP contribution in [-0.4, -0.2) is 18.4 Å². The molecule has 0 aliphatic heterocycles. The van der Waals surface area contributed by atoms with Crippen LogP contribution in [0.15, 0.2) is 11.6 Å². The summed E-state index contributed by atoms with van der Waals surface area (Å²) in [5.41, 5.74) is 1.43. The Balaban J connectivity index is 3.60. The van der Waals surface area contributed by atoms with Gasteiger partial charge in [-0.1, -0.05) is 25.5 Å². The van der Waals surface area contributed by atoms with Gasteiger partial charge in [-0.2, -0.15) is 0 Å². The lowest BCUT2D eigenvalue weighted by atomic mass is 10.0. The first-order valence-electron chi connectivity index (χ1n) is 7.26. The fourth-order valence-electron chi connectivity index (χ4n) is 1.63. The highest BCUT2D eigenvalue weighted by Crippen LogP contribution is 2.13. The van der Waals surface area contributed by atoms with Gasteiger partial charge in [0.15, 0.2) is 0 Å². The minimum atomic E-state index is -0.260. The van der Waals surface area contributed by atoms with E-state index in [1.54, 1.807) is 0 Å². The summed E-state index contributed by atoms with van der Waals surface area (Å²) in [4.78, 5) is 22.0. The third kappa shape index (κ3) is 11.7. The van der Waals surface area contributed by atoms with Crippen molar-refractivity contribution in [3.8, 4) is 0 Å². The lowest BCUT2D eigenvalue weighted by Crippen LogP contribution is -2.09. The lowest BCUT2D eigenvalue weighted by Gasteiger charge is -2.10. The van der Waals surface area contributed by atoms with Gasteiger partial charge in [0.05, 0.1) is 13.0 Å². The van der Waals surface area contributed by atoms with E-state index in [2.05, 4.69) is 26.8 Å². The van der Waals surface area contributed by atoms with E-state index in [4.69, 9.17) is 4.74 Å². The number of Topliss-reactive ketones (excluding diaryl/α,β-unsaturated/α-hetero) is 1. The van der Waals surface area contributed by atoms with E-state index in [-0.39, 0.29) is 24.6 Å². The summed E-state index contributed by atoms with van der Waals surface area (Å²) in [6.07, 6.45) is 7.02. The molecule has 0 N–H and O–H groups in total. The van der Waals surface area contributed by atoms with Crippen molar-refractivity contribution >= 4 is 11.8 Å². The Labute approximate surface area is 117 Å². The van der Waals surface area contributed by atoms with E-state index in [0.29, 0.717) is 12.5 Å². The molecule has 0 aromatic heterocycles. The van der Waals surface area contributed by atoms with E-state index in [1.807, 2.05) is 0 Å². The van der Waals surface area contributed by atoms with Gasteiger partial charge in [0.25, 0.3) is 0 Å². The number of hydrogen-bond donors (Lipinski definition) is 0. The highest BCUT2D eigenvalue weighted by molar-refractivity contribution is 5.80. The SMILES string of the molecule is CCC(C)=CCCC(C)CCOC(=O)CCC(C)=O. The molecule has 1 unspecified atom stereocenters. The Morgan fingerprint density at radius 3 is 2.42 bits per heavy atom. The van der Waals surface area contributed by atoms with Crippen molar-refractivity contribution in [2.75, 3.05) is 6.61 Å². The van der Waals surface area contributed by atoms with Crippen molar-refractivity contribution in [1.29, 1.82) is 0 Å². The monoisotopic (exact) mass is 268 g/mol. The summed E-state index contributed by atoms with van der Waals surface area (Å²) in [6.45, 7) is 8.45. The highest BCUT2D eigenvalue weighted by Gasteiger charge is 2.06. The van der Waals surface area contributed by atoms with E-state index in [0.717, 1.165) is 25.7 Å². The maximum atomic E-state index is 11.3. The van der Waals surface area contributed by atoms with Gasteiger partial charge < -0.3 is 9.53 Å². The number of carbonyl (C=O) groups is 2. The van der Waals surface area contributed by atoms with Gasteiger partial charge in [-0.25, -0.2) is 0 Å². The normalized spacial score (nSPS) is 13.2. The molecule has 0 amide bonds. The van der Waals surface area contributed by atoms with Gasteiger partial charge in [0.2, 0.25) is 0 Å². The van der Waals surface area contributed by atoms with E-state index in [1.165, 1.54) is 12.5 Å². The summed E-state index contributed by atoms with van der Waals surface area (Å²) in [7, 11) is 0. The largest absolute Gasteiger partial charge is 0.466 e. The predicted molar refractivity (Wildman–Crippen MR) is 77.9 cm³/mol. The number of hydrogen-bond acceptors (Lipinski definition) is 3. The number of ketones is 1. The minimum absolute atomic E-state index is 0.0309. The van der Waals surface area contributed by atoms with Crippen molar-refractivity contribution in [3.05, 3.63) is 11.6 Å². The zero-order chi connectivity index (χ0) is 14.7. The van der Waals surface area contributed by atoms with Crippen LogP contribution in [0, 0.1) is 5.92 Å². The smallest absolute Gasteiger partial charge is 0.306 e.